The van der Waals surface area contributed by atoms with Crippen molar-refractivity contribution in [2.24, 2.45) is 0 Å². The van der Waals surface area contributed by atoms with Crippen LogP contribution in [0.15, 0.2) is 48.3 Å². The van der Waals surface area contributed by atoms with Crippen LogP contribution in [0.3, 0.4) is 0 Å². The smallest absolute Gasteiger partial charge is 0.271 e. The summed E-state index contributed by atoms with van der Waals surface area (Å²) in [5, 5.41) is 4.29. The number of hydrogen-bond donors (Lipinski definition) is 0. The van der Waals surface area contributed by atoms with Gasteiger partial charge in [0.15, 0.2) is 0 Å². The lowest BCUT2D eigenvalue weighted by molar-refractivity contribution is 0.132. The van der Waals surface area contributed by atoms with Crippen molar-refractivity contribution in [1.82, 2.24) is 14.3 Å². The van der Waals surface area contributed by atoms with E-state index in [1.54, 1.807) is 4.57 Å². The van der Waals surface area contributed by atoms with Gasteiger partial charge in [0.25, 0.3) is 0 Å². The Morgan fingerprint density at radius 1 is 1.26 bits per heavy atom. The number of aryl methyl sites for hydroxylation is 2. The Labute approximate surface area is 134 Å². The maximum Gasteiger partial charge on any atom is 0.346 e. The van der Waals surface area contributed by atoms with Gasteiger partial charge in [-0.3, -0.25) is 4.57 Å². The zero-order valence-corrected chi connectivity index (χ0v) is 13.0. The van der Waals surface area contributed by atoms with Crippen LogP contribution < -0.4 is 5.69 Å². The van der Waals surface area contributed by atoms with E-state index in [2.05, 4.69) is 18.3 Å². The van der Waals surface area contributed by atoms with Gasteiger partial charge >= 0.3 is 5.69 Å². The predicted molar refractivity (Wildman–Crippen MR) is 85.9 cm³/mol. The molecule has 3 rings (SSSR count). The predicted octanol–water partition coefficient (Wildman–Crippen LogP) is 3.43. The van der Waals surface area contributed by atoms with E-state index in [4.69, 9.17) is 0 Å². The summed E-state index contributed by atoms with van der Waals surface area (Å²) in [6.45, 7) is 6.25. The quantitative estimate of drug-likeness (QED) is 0.792. The van der Waals surface area contributed by atoms with Gasteiger partial charge in [-0.1, -0.05) is 30.3 Å². The summed E-state index contributed by atoms with van der Waals surface area (Å²) < 4.78 is 27.4. The van der Waals surface area contributed by atoms with Gasteiger partial charge in [0.1, 0.15) is 5.82 Å². The molecule has 0 fully saturated rings. The second-order valence-electron chi connectivity index (χ2n) is 5.29. The van der Waals surface area contributed by atoms with Crippen LogP contribution in [0.5, 0.6) is 0 Å². The zero-order valence-electron chi connectivity index (χ0n) is 13.0. The Morgan fingerprint density at radius 3 is 2.61 bits per heavy atom. The van der Waals surface area contributed by atoms with Crippen LogP contribution >= 0.6 is 0 Å². The third-order valence-electron chi connectivity index (χ3n) is 3.87. The van der Waals surface area contributed by atoms with Crippen molar-refractivity contribution in [3.05, 3.63) is 65.4 Å². The van der Waals surface area contributed by atoms with Gasteiger partial charge in [-0.05, 0) is 18.4 Å². The highest BCUT2D eigenvalue weighted by molar-refractivity contribution is 5.22. The Bertz CT molecular complexity index is 679. The number of alkyl halides is 2. The fourth-order valence-corrected chi connectivity index (χ4v) is 2.88. The highest BCUT2D eigenvalue weighted by atomic mass is 19.3. The lowest BCUT2D eigenvalue weighted by Gasteiger charge is -2.11. The molecule has 1 aliphatic heterocycles. The number of nitrogens with zero attached hydrogens (tertiary/aromatic N) is 3. The van der Waals surface area contributed by atoms with Gasteiger partial charge in [-0.15, -0.1) is 13.2 Å². The molecule has 2 aromatic rings. The Balaban J connectivity index is 0.000000924. The van der Waals surface area contributed by atoms with Crippen LogP contribution in [-0.2, 0) is 13.0 Å². The molecule has 6 heteroatoms. The molecule has 0 saturated heterocycles. The van der Waals surface area contributed by atoms with Crippen molar-refractivity contribution >= 4 is 0 Å². The van der Waals surface area contributed by atoms with Crippen molar-refractivity contribution in [3.8, 4) is 0 Å². The van der Waals surface area contributed by atoms with Crippen LogP contribution in [0, 0.1) is 0 Å². The number of aromatic nitrogens is 3. The number of halogens is 2. The Hall–Kier alpha value is -2.24. The lowest BCUT2D eigenvalue weighted by Crippen LogP contribution is -2.27. The summed E-state index contributed by atoms with van der Waals surface area (Å²) in [5.41, 5.74) is 0.899. The highest BCUT2D eigenvalue weighted by Gasteiger charge is 2.28. The summed E-state index contributed by atoms with van der Waals surface area (Å²) in [6, 6.07) is 9.85. The maximum atomic E-state index is 12.4. The number of benzene rings is 1. The zero-order chi connectivity index (χ0) is 16.8. The molecule has 23 heavy (non-hydrogen) atoms. The molecule has 1 unspecified atom stereocenters. The standard InChI is InChI=1S/C15H17F2N3O.C2H4/c16-13(17)7-4-10-19-15(21)20-12(8-9-14(20)18-19)11-5-2-1-3-6-11;1-2/h1-3,5-6,12-13H,4,7-10H2;1-2H2. The van der Waals surface area contributed by atoms with Gasteiger partial charge in [-0.2, -0.15) is 5.10 Å². The lowest BCUT2D eigenvalue weighted by atomic mass is 10.1. The van der Waals surface area contributed by atoms with E-state index in [9.17, 15) is 13.6 Å². The molecule has 2 heterocycles. The van der Waals surface area contributed by atoms with Crippen molar-refractivity contribution in [2.45, 2.75) is 44.7 Å². The minimum atomic E-state index is -2.33. The van der Waals surface area contributed by atoms with Gasteiger partial charge in [-0.25, -0.2) is 18.3 Å². The molecule has 0 bridgehead atoms. The molecule has 1 aromatic carbocycles. The van der Waals surface area contributed by atoms with E-state index in [-0.39, 0.29) is 31.1 Å². The van der Waals surface area contributed by atoms with Crippen LogP contribution in [0.4, 0.5) is 8.78 Å². The number of hydrogen-bond acceptors (Lipinski definition) is 2. The van der Waals surface area contributed by atoms with Crippen LogP contribution in [0.25, 0.3) is 0 Å². The van der Waals surface area contributed by atoms with E-state index in [0.29, 0.717) is 0 Å². The van der Waals surface area contributed by atoms with Gasteiger partial charge in [0, 0.05) is 19.4 Å². The molecule has 1 atom stereocenters. The fraction of sp³-hybridized carbons (Fsp3) is 0.412. The molecule has 0 saturated carbocycles. The first kappa shape index (κ1) is 17.1. The van der Waals surface area contributed by atoms with Gasteiger partial charge in [0.05, 0.1) is 6.04 Å². The van der Waals surface area contributed by atoms with E-state index in [1.807, 2.05) is 30.3 Å². The first-order valence-electron chi connectivity index (χ1n) is 7.68. The molecule has 0 radical (unpaired) electrons. The third kappa shape index (κ3) is 3.75. The summed E-state index contributed by atoms with van der Waals surface area (Å²) in [5.74, 6) is 0.755. The second kappa shape index (κ2) is 7.85. The summed E-state index contributed by atoms with van der Waals surface area (Å²) in [4.78, 5) is 12.4. The topological polar surface area (TPSA) is 39.8 Å². The minimum Gasteiger partial charge on any atom is -0.271 e. The number of rotatable bonds is 5. The summed E-state index contributed by atoms with van der Waals surface area (Å²) in [6.07, 6.45) is -0.649. The molecule has 1 aliphatic rings. The fourth-order valence-electron chi connectivity index (χ4n) is 2.88. The molecule has 1 aromatic heterocycles. The van der Waals surface area contributed by atoms with Gasteiger partial charge < -0.3 is 0 Å². The SMILES string of the molecule is C=C.O=c1n(CCCC(F)F)nc2n1C(c1ccccc1)CC2. The van der Waals surface area contributed by atoms with Crippen molar-refractivity contribution in [1.29, 1.82) is 0 Å². The van der Waals surface area contributed by atoms with Crippen LogP contribution in [0.2, 0.25) is 0 Å². The van der Waals surface area contributed by atoms with Crippen LogP contribution in [-0.4, -0.2) is 20.8 Å². The molecule has 124 valence electrons. The summed E-state index contributed by atoms with van der Waals surface area (Å²) >= 11 is 0. The average Bonchev–Trinajstić information content (AvgIpc) is 3.11. The van der Waals surface area contributed by atoms with Crippen molar-refractivity contribution < 1.29 is 8.78 Å². The molecular formula is C17H21F2N3O. The molecule has 0 spiro atoms. The van der Waals surface area contributed by atoms with Gasteiger partial charge in [0.2, 0.25) is 6.43 Å². The van der Waals surface area contributed by atoms with Crippen molar-refractivity contribution in [2.75, 3.05) is 0 Å². The molecule has 0 aliphatic carbocycles. The molecule has 4 nitrogen and oxygen atoms in total. The maximum absolute atomic E-state index is 12.4. The van der Waals surface area contributed by atoms with E-state index < -0.39 is 6.43 Å². The van der Waals surface area contributed by atoms with E-state index in [0.717, 1.165) is 24.2 Å². The molecule has 0 N–H and O–H groups in total. The number of fused-ring (bicyclic) bond motifs is 1. The minimum absolute atomic E-state index is 0.0116. The first-order chi connectivity index (χ1) is 11.2. The Morgan fingerprint density at radius 2 is 1.96 bits per heavy atom. The first-order valence-corrected chi connectivity index (χ1v) is 7.68. The highest BCUT2D eigenvalue weighted by Crippen LogP contribution is 2.28. The molecular weight excluding hydrogens is 300 g/mol. The molecule has 0 amide bonds. The summed E-state index contributed by atoms with van der Waals surface area (Å²) in [7, 11) is 0. The van der Waals surface area contributed by atoms with Crippen LogP contribution in [0.1, 0.15) is 36.7 Å². The van der Waals surface area contributed by atoms with E-state index in [1.165, 1.54) is 4.68 Å². The van der Waals surface area contributed by atoms with Crippen molar-refractivity contribution in [3.63, 3.8) is 0 Å². The van der Waals surface area contributed by atoms with E-state index >= 15 is 0 Å². The monoisotopic (exact) mass is 321 g/mol. The third-order valence-corrected chi connectivity index (χ3v) is 3.87. The average molecular weight is 321 g/mol. The Kier molecular flexibility index (Phi) is 5.84. The normalized spacial score (nSPS) is 16.0. The largest absolute Gasteiger partial charge is 0.346 e. The second-order valence-corrected chi connectivity index (χ2v) is 5.29.